The second kappa shape index (κ2) is 7.46. The smallest absolute Gasteiger partial charge is 0.160 e. The number of rotatable bonds is 5. The molecule has 3 heterocycles. The van der Waals surface area contributed by atoms with Gasteiger partial charge in [-0.15, -0.1) is 4.21 Å². The lowest BCUT2D eigenvalue weighted by atomic mass is 10.0. The predicted molar refractivity (Wildman–Crippen MR) is 115 cm³/mol. The highest BCUT2D eigenvalue weighted by atomic mass is 32.3. The predicted octanol–water partition coefficient (Wildman–Crippen LogP) is 4.45. The molecule has 1 atom stereocenters. The summed E-state index contributed by atoms with van der Waals surface area (Å²) in [4.78, 5) is 7.15. The summed E-state index contributed by atoms with van der Waals surface area (Å²) in [7, 11) is 0.677. The number of benzene rings is 1. The second-order valence-electron chi connectivity index (χ2n) is 7.72. The third-order valence-corrected chi connectivity index (χ3v) is 6.00. The zero-order valence-corrected chi connectivity index (χ0v) is 18.4. The monoisotopic (exact) mass is 425 g/mol. The van der Waals surface area contributed by atoms with Gasteiger partial charge in [0.2, 0.25) is 0 Å². The molecule has 0 fully saturated rings. The lowest BCUT2D eigenvalue weighted by Crippen LogP contribution is -2.09. The highest BCUT2D eigenvalue weighted by Crippen LogP contribution is 2.35. The molecular formula is C22H23N3O4S. The summed E-state index contributed by atoms with van der Waals surface area (Å²) in [6.07, 6.45) is 1.19. The number of sulfone groups is 1. The van der Waals surface area contributed by atoms with E-state index < -0.39 is 10.2 Å². The SMILES string of the molecule is Cc1noc(C)c1-c1cc2cc(CN(C)C)oc2c(-c2ccc([S+](C)(=O)[O-])cc2)n1. The molecule has 4 rings (SSSR count). The van der Waals surface area contributed by atoms with Crippen LogP contribution in [0.1, 0.15) is 17.2 Å². The average Bonchev–Trinajstić information content (AvgIpc) is 3.21. The van der Waals surface area contributed by atoms with E-state index in [2.05, 4.69) is 5.16 Å². The molecular weight excluding hydrogens is 402 g/mol. The Morgan fingerprint density at radius 2 is 1.83 bits per heavy atom. The van der Waals surface area contributed by atoms with Crippen molar-refractivity contribution in [3.8, 4) is 22.5 Å². The Kier molecular flexibility index (Phi) is 5.09. The van der Waals surface area contributed by atoms with Crippen molar-refractivity contribution in [2.24, 2.45) is 0 Å². The highest BCUT2D eigenvalue weighted by molar-refractivity contribution is 7.97. The van der Waals surface area contributed by atoms with E-state index in [0.29, 0.717) is 23.6 Å². The number of fused-ring (bicyclic) bond motifs is 1. The van der Waals surface area contributed by atoms with Gasteiger partial charge in [0, 0.05) is 10.9 Å². The van der Waals surface area contributed by atoms with Gasteiger partial charge in [0.15, 0.2) is 10.5 Å². The van der Waals surface area contributed by atoms with Gasteiger partial charge in [0.05, 0.1) is 33.7 Å². The van der Waals surface area contributed by atoms with Gasteiger partial charge in [-0.25, -0.2) is 4.98 Å². The van der Waals surface area contributed by atoms with Crippen LogP contribution < -0.4 is 0 Å². The number of hydrogen-bond donors (Lipinski definition) is 0. The van der Waals surface area contributed by atoms with E-state index in [9.17, 15) is 8.76 Å². The Morgan fingerprint density at radius 3 is 2.40 bits per heavy atom. The number of pyridine rings is 1. The van der Waals surface area contributed by atoms with E-state index in [1.807, 2.05) is 45.0 Å². The van der Waals surface area contributed by atoms with Gasteiger partial charge in [-0.1, -0.05) is 5.16 Å². The van der Waals surface area contributed by atoms with E-state index in [-0.39, 0.29) is 4.90 Å². The Morgan fingerprint density at radius 1 is 1.13 bits per heavy atom. The summed E-state index contributed by atoms with van der Waals surface area (Å²) < 4.78 is 35.1. The fourth-order valence-electron chi connectivity index (χ4n) is 3.52. The zero-order valence-electron chi connectivity index (χ0n) is 17.6. The Bertz CT molecular complexity index is 1250. The van der Waals surface area contributed by atoms with Crippen LogP contribution in [0, 0.1) is 13.8 Å². The van der Waals surface area contributed by atoms with Gasteiger partial charge in [-0.05, 0) is 64.3 Å². The van der Waals surface area contributed by atoms with Gasteiger partial charge in [-0.2, -0.15) is 0 Å². The van der Waals surface area contributed by atoms with Gasteiger partial charge in [0.1, 0.15) is 23.5 Å². The number of aromatic nitrogens is 2. The summed E-state index contributed by atoms with van der Waals surface area (Å²) in [5.41, 5.74) is 4.42. The molecule has 0 aliphatic heterocycles. The Labute approximate surface area is 176 Å². The number of furan rings is 1. The van der Waals surface area contributed by atoms with E-state index in [4.69, 9.17) is 13.9 Å². The first-order valence-corrected chi connectivity index (χ1v) is 11.3. The standard InChI is InChI=1S/C22H23N3O4S/c1-13-20(14(2)29-24-13)19-11-16-10-17(12-25(3)4)28-22(16)21(23-19)15-6-8-18(9-7-15)30(5,26)27/h6-11H,12H2,1-5H3. The van der Waals surface area contributed by atoms with Gasteiger partial charge < -0.3 is 18.4 Å². The van der Waals surface area contributed by atoms with Crippen molar-refractivity contribution in [2.45, 2.75) is 25.3 Å². The lowest BCUT2D eigenvalue weighted by molar-refractivity contribution is 0.358. The van der Waals surface area contributed by atoms with Crippen LogP contribution in [0.5, 0.6) is 0 Å². The normalized spacial score (nSPS) is 13.8. The van der Waals surface area contributed by atoms with E-state index >= 15 is 0 Å². The second-order valence-corrected chi connectivity index (χ2v) is 9.74. The molecule has 30 heavy (non-hydrogen) atoms. The van der Waals surface area contributed by atoms with Crippen LogP contribution in [-0.2, 0) is 21.0 Å². The summed E-state index contributed by atoms with van der Waals surface area (Å²) in [5, 5.41) is 4.96. The first-order chi connectivity index (χ1) is 14.1. The topological polar surface area (TPSA) is 95.4 Å². The van der Waals surface area contributed by atoms with Crippen molar-refractivity contribution < 1.29 is 17.7 Å². The van der Waals surface area contributed by atoms with Crippen molar-refractivity contribution in [3.63, 3.8) is 0 Å². The highest BCUT2D eigenvalue weighted by Gasteiger charge is 2.20. The number of aryl methyl sites for hydroxylation is 2. The van der Waals surface area contributed by atoms with Crippen LogP contribution in [0.4, 0.5) is 0 Å². The Hall–Kier alpha value is -2.81. The molecule has 1 unspecified atom stereocenters. The maximum absolute atomic E-state index is 11.8. The minimum absolute atomic E-state index is 0.261. The average molecular weight is 426 g/mol. The molecule has 0 spiro atoms. The maximum atomic E-state index is 11.8. The van der Waals surface area contributed by atoms with Crippen LogP contribution >= 0.6 is 0 Å². The molecule has 7 nitrogen and oxygen atoms in total. The number of nitrogens with zero attached hydrogens (tertiary/aromatic N) is 3. The molecule has 1 aromatic carbocycles. The summed E-state index contributed by atoms with van der Waals surface area (Å²) in [5.74, 6) is 1.51. The molecule has 0 bridgehead atoms. The largest absolute Gasteiger partial charge is 0.610 e. The van der Waals surface area contributed by atoms with E-state index in [0.717, 1.165) is 33.7 Å². The molecule has 0 radical (unpaired) electrons. The van der Waals surface area contributed by atoms with Crippen LogP contribution in [0.2, 0.25) is 0 Å². The molecule has 156 valence electrons. The van der Waals surface area contributed by atoms with Crippen molar-refractivity contribution in [3.05, 3.63) is 53.6 Å². The number of hydrogen-bond acceptors (Lipinski definition) is 7. The third-order valence-electron chi connectivity index (χ3n) is 4.87. The van der Waals surface area contributed by atoms with Gasteiger partial charge in [0.25, 0.3) is 0 Å². The summed E-state index contributed by atoms with van der Waals surface area (Å²) in [6.45, 7) is 4.39. The van der Waals surface area contributed by atoms with Crippen molar-refractivity contribution in [2.75, 3.05) is 20.4 Å². The van der Waals surface area contributed by atoms with Crippen molar-refractivity contribution in [1.82, 2.24) is 15.0 Å². The van der Waals surface area contributed by atoms with Crippen LogP contribution in [0.15, 0.2) is 50.2 Å². The molecule has 0 aliphatic carbocycles. The van der Waals surface area contributed by atoms with Crippen molar-refractivity contribution in [1.29, 1.82) is 0 Å². The molecule has 0 aliphatic rings. The maximum Gasteiger partial charge on any atom is 0.160 e. The molecule has 4 aromatic rings. The zero-order chi connectivity index (χ0) is 21.6. The lowest BCUT2D eigenvalue weighted by Gasteiger charge is -2.10. The van der Waals surface area contributed by atoms with E-state index in [1.54, 1.807) is 24.3 Å². The first-order valence-electron chi connectivity index (χ1n) is 9.45. The molecule has 0 saturated heterocycles. The van der Waals surface area contributed by atoms with Gasteiger partial charge in [-0.3, -0.25) is 0 Å². The summed E-state index contributed by atoms with van der Waals surface area (Å²) in [6, 6.07) is 10.7. The molecule has 0 amide bonds. The Balaban J connectivity index is 1.94. The minimum Gasteiger partial charge on any atom is -0.610 e. The first kappa shape index (κ1) is 20.5. The van der Waals surface area contributed by atoms with Crippen molar-refractivity contribution >= 4 is 21.2 Å². The molecule has 0 saturated carbocycles. The minimum atomic E-state index is -3.28. The summed E-state index contributed by atoms with van der Waals surface area (Å²) >= 11 is 0. The van der Waals surface area contributed by atoms with E-state index in [1.165, 1.54) is 6.26 Å². The quantitative estimate of drug-likeness (QED) is 0.436. The molecule has 0 N–H and O–H groups in total. The van der Waals surface area contributed by atoms with Crippen LogP contribution in [0.3, 0.4) is 0 Å². The van der Waals surface area contributed by atoms with Crippen LogP contribution in [0.25, 0.3) is 33.5 Å². The van der Waals surface area contributed by atoms with Crippen LogP contribution in [-0.4, -0.2) is 39.9 Å². The fraction of sp³-hybridized carbons (Fsp3) is 0.273. The molecule has 8 heteroatoms. The third kappa shape index (κ3) is 3.81. The van der Waals surface area contributed by atoms with Gasteiger partial charge >= 0.3 is 0 Å². The molecule has 3 aromatic heterocycles. The fourth-order valence-corrected chi connectivity index (χ4v) is 4.15.